The molecule has 4 N–H and O–H groups in total. The van der Waals surface area contributed by atoms with E-state index in [9.17, 15) is 4.79 Å². The summed E-state index contributed by atoms with van der Waals surface area (Å²) in [6, 6.07) is 0.421. The van der Waals surface area contributed by atoms with Gasteiger partial charge in [-0.3, -0.25) is 4.79 Å². The molecule has 0 spiro atoms. The second kappa shape index (κ2) is 5.61. The number of quaternary nitrogens is 1. The van der Waals surface area contributed by atoms with E-state index in [1.807, 2.05) is 0 Å². The van der Waals surface area contributed by atoms with Crippen molar-refractivity contribution >= 4 is 18.6 Å². The topological polar surface area (TPSA) is 64.9 Å². The second-order valence-electron chi connectivity index (χ2n) is 4.34. The summed E-state index contributed by atoms with van der Waals surface area (Å²) in [5.74, 6) is 0.799. The van der Waals surface area contributed by atoms with Gasteiger partial charge in [-0.2, -0.15) is 12.6 Å². The van der Waals surface area contributed by atoms with Crippen molar-refractivity contribution in [3.8, 4) is 0 Å². The molecule has 0 aromatic rings. The summed E-state index contributed by atoms with van der Waals surface area (Å²) in [6.45, 7) is 0. The van der Waals surface area contributed by atoms with Crippen LogP contribution in [0.15, 0.2) is 0 Å². The minimum Gasteiger partial charge on any atom is -0.481 e. The fourth-order valence-corrected chi connectivity index (χ4v) is 2.34. The van der Waals surface area contributed by atoms with Crippen LogP contribution in [0.5, 0.6) is 0 Å². The number of carboxylic acids is 1. The molecule has 1 atom stereocenters. The molecule has 1 aliphatic rings. The third-order valence-electron chi connectivity index (χ3n) is 3.12. The van der Waals surface area contributed by atoms with Crippen LogP contribution in [0, 0.1) is 11.8 Å². The van der Waals surface area contributed by atoms with Gasteiger partial charge < -0.3 is 10.8 Å². The van der Waals surface area contributed by atoms with E-state index in [0.29, 0.717) is 12.0 Å². The van der Waals surface area contributed by atoms with E-state index in [4.69, 9.17) is 5.11 Å². The molecule has 0 aromatic heterocycles. The standard InChI is InChI=1S/C10H19NO2S/c11-9(6-14)5-7-1-3-8(4-2-7)10(12)13/h7-9,14H,1-6,11H2,(H,12,13)/p+1. The van der Waals surface area contributed by atoms with Gasteiger partial charge in [0.2, 0.25) is 0 Å². The van der Waals surface area contributed by atoms with Gasteiger partial charge in [-0.25, -0.2) is 0 Å². The Bertz CT molecular complexity index is 191. The maximum absolute atomic E-state index is 10.7. The number of carbonyl (C=O) groups is 1. The van der Waals surface area contributed by atoms with Crippen LogP contribution in [0.4, 0.5) is 0 Å². The number of aliphatic carboxylic acids is 1. The highest BCUT2D eigenvalue weighted by molar-refractivity contribution is 7.80. The lowest BCUT2D eigenvalue weighted by atomic mass is 9.79. The highest BCUT2D eigenvalue weighted by Crippen LogP contribution is 2.31. The molecule has 0 radical (unpaired) electrons. The molecule has 1 aliphatic carbocycles. The van der Waals surface area contributed by atoms with E-state index >= 15 is 0 Å². The lowest BCUT2D eigenvalue weighted by Crippen LogP contribution is -2.62. The average Bonchev–Trinajstić information content (AvgIpc) is 2.18. The van der Waals surface area contributed by atoms with Crippen LogP contribution in [0.1, 0.15) is 32.1 Å². The van der Waals surface area contributed by atoms with Crippen molar-refractivity contribution in [3.63, 3.8) is 0 Å². The zero-order chi connectivity index (χ0) is 10.6. The Kier molecular flexibility index (Phi) is 4.75. The van der Waals surface area contributed by atoms with E-state index < -0.39 is 5.97 Å². The van der Waals surface area contributed by atoms with Gasteiger partial charge in [-0.1, -0.05) is 0 Å². The highest BCUT2D eigenvalue weighted by Gasteiger charge is 2.27. The first kappa shape index (κ1) is 11.9. The van der Waals surface area contributed by atoms with Gasteiger partial charge in [-0.05, 0) is 31.6 Å². The predicted octanol–water partition coefficient (Wildman–Crippen LogP) is 0.808. The van der Waals surface area contributed by atoms with Crippen LogP contribution in [0.2, 0.25) is 0 Å². The third-order valence-corrected chi connectivity index (χ3v) is 3.64. The van der Waals surface area contributed by atoms with Gasteiger partial charge >= 0.3 is 5.97 Å². The number of hydrogen-bond donors (Lipinski definition) is 3. The van der Waals surface area contributed by atoms with Crippen LogP contribution in [0.3, 0.4) is 0 Å². The van der Waals surface area contributed by atoms with Crippen LogP contribution >= 0.6 is 12.6 Å². The van der Waals surface area contributed by atoms with Crippen molar-refractivity contribution in [3.05, 3.63) is 0 Å². The Balaban J connectivity index is 2.25. The van der Waals surface area contributed by atoms with Crippen molar-refractivity contribution < 1.29 is 15.6 Å². The SMILES string of the molecule is [NH3+]C(CS)CC1CCC(C(=O)O)CC1. The smallest absolute Gasteiger partial charge is 0.306 e. The van der Waals surface area contributed by atoms with Gasteiger partial charge in [-0.15, -0.1) is 0 Å². The van der Waals surface area contributed by atoms with Gasteiger partial charge in [0.15, 0.2) is 0 Å². The van der Waals surface area contributed by atoms with Crippen molar-refractivity contribution in [2.24, 2.45) is 11.8 Å². The Morgan fingerprint density at radius 1 is 1.43 bits per heavy atom. The molecule has 0 aromatic carbocycles. The number of rotatable bonds is 4. The van der Waals surface area contributed by atoms with Gasteiger partial charge in [0, 0.05) is 12.2 Å². The first-order valence-electron chi connectivity index (χ1n) is 5.30. The van der Waals surface area contributed by atoms with Crippen molar-refractivity contribution in [2.75, 3.05) is 5.75 Å². The first-order chi connectivity index (χ1) is 6.63. The van der Waals surface area contributed by atoms with Crippen molar-refractivity contribution in [1.29, 1.82) is 0 Å². The Morgan fingerprint density at radius 2 is 2.00 bits per heavy atom. The molecular weight excluding hydrogens is 198 g/mol. The van der Waals surface area contributed by atoms with Gasteiger partial charge in [0.05, 0.1) is 12.0 Å². The molecule has 3 nitrogen and oxygen atoms in total. The highest BCUT2D eigenvalue weighted by atomic mass is 32.1. The minimum absolute atomic E-state index is 0.0921. The quantitative estimate of drug-likeness (QED) is 0.611. The van der Waals surface area contributed by atoms with Crippen molar-refractivity contribution in [1.82, 2.24) is 0 Å². The van der Waals surface area contributed by atoms with Gasteiger partial charge in [0.1, 0.15) is 0 Å². The lowest BCUT2D eigenvalue weighted by molar-refractivity contribution is -0.415. The van der Waals surface area contributed by atoms with E-state index in [1.165, 1.54) is 0 Å². The zero-order valence-corrected chi connectivity index (χ0v) is 9.38. The maximum atomic E-state index is 10.7. The zero-order valence-electron chi connectivity index (χ0n) is 8.48. The number of carboxylic acid groups (broad SMARTS) is 1. The molecule has 0 amide bonds. The molecule has 1 saturated carbocycles. The summed E-state index contributed by atoms with van der Waals surface area (Å²) in [5, 5.41) is 8.83. The molecule has 1 unspecified atom stereocenters. The second-order valence-corrected chi connectivity index (χ2v) is 4.71. The fourth-order valence-electron chi connectivity index (χ4n) is 2.19. The minimum atomic E-state index is -0.621. The molecule has 1 rings (SSSR count). The largest absolute Gasteiger partial charge is 0.481 e. The normalized spacial score (nSPS) is 29.9. The Labute approximate surface area is 90.5 Å². The molecule has 0 aliphatic heterocycles. The molecule has 14 heavy (non-hydrogen) atoms. The molecule has 0 heterocycles. The summed E-state index contributed by atoms with van der Waals surface area (Å²) in [6.07, 6.45) is 4.90. The van der Waals surface area contributed by atoms with E-state index in [2.05, 4.69) is 18.4 Å². The molecule has 0 bridgehead atoms. The number of hydrogen-bond acceptors (Lipinski definition) is 2. The molecule has 1 fully saturated rings. The first-order valence-corrected chi connectivity index (χ1v) is 5.93. The Hall–Kier alpha value is -0.220. The number of thiol groups is 1. The summed E-state index contributed by atoms with van der Waals surface area (Å²) >= 11 is 4.21. The lowest BCUT2D eigenvalue weighted by Gasteiger charge is -2.26. The van der Waals surface area contributed by atoms with Gasteiger partial charge in [0.25, 0.3) is 0 Å². The molecular formula is C10H20NO2S+. The predicted molar refractivity (Wildman–Crippen MR) is 58.2 cm³/mol. The Morgan fingerprint density at radius 3 is 2.43 bits per heavy atom. The summed E-state index contributed by atoms with van der Waals surface area (Å²) in [4.78, 5) is 10.7. The van der Waals surface area contributed by atoms with E-state index in [1.54, 1.807) is 0 Å². The average molecular weight is 218 g/mol. The maximum Gasteiger partial charge on any atom is 0.306 e. The summed E-state index contributed by atoms with van der Waals surface area (Å²) in [5.41, 5.74) is 4.01. The van der Waals surface area contributed by atoms with Crippen LogP contribution in [-0.2, 0) is 4.79 Å². The molecule has 82 valence electrons. The summed E-state index contributed by atoms with van der Waals surface area (Å²) in [7, 11) is 0. The summed E-state index contributed by atoms with van der Waals surface area (Å²) < 4.78 is 0. The third kappa shape index (κ3) is 3.50. The van der Waals surface area contributed by atoms with Crippen LogP contribution in [0.25, 0.3) is 0 Å². The molecule has 0 saturated heterocycles. The van der Waals surface area contributed by atoms with Crippen LogP contribution in [-0.4, -0.2) is 22.9 Å². The van der Waals surface area contributed by atoms with E-state index in [0.717, 1.165) is 37.9 Å². The van der Waals surface area contributed by atoms with Crippen LogP contribution < -0.4 is 5.73 Å². The molecule has 4 heteroatoms. The van der Waals surface area contributed by atoms with Crippen molar-refractivity contribution in [2.45, 2.75) is 38.1 Å². The monoisotopic (exact) mass is 218 g/mol. The van der Waals surface area contributed by atoms with E-state index in [-0.39, 0.29) is 5.92 Å². The fraction of sp³-hybridized carbons (Fsp3) is 0.900.